The normalized spacial score (nSPS) is 14.9. The van der Waals surface area contributed by atoms with E-state index in [1.54, 1.807) is 42.3 Å². The molecule has 0 unspecified atom stereocenters. The lowest BCUT2D eigenvalue weighted by Gasteiger charge is -2.27. The van der Waals surface area contributed by atoms with Gasteiger partial charge in [0.25, 0.3) is 0 Å². The number of carbonyl (C=O) groups excluding carboxylic acids is 2. The Labute approximate surface area is 158 Å². The van der Waals surface area contributed by atoms with Crippen molar-refractivity contribution < 1.29 is 14.3 Å². The summed E-state index contributed by atoms with van der Waals surface area (Å²) in [4.78, 5) is 32.2. The third kappa shape index (κ3) is 4.43. The van der Waals surface area contributed by atoms with Gasteiger partial charge in [0.2, 0.25) is 5.91 Å². The highest BCUT2D eigenvalue weighted by atomic mass is 16.5. The Morgan fingerprint density at radius 2 is 2.07 bits per heavy atom. The van der Waals surface area contributed by atoms with E-state index in [-0.39, 0.29) is 18.0 Å². The number of carbonyl (C=O) groups is 2. The number of benzene rings is 1. The molecule has 1 aliphatic heterocycles. The molecular weight excluding hydrogens is 344 g/mol. The van der Waals surface area contributed by atoms with Crippen molar-refractivity contribution in [1.82, 2.24) is 9.88 Å². The first-order chi connectivity index (χ1) is 13.1. The van der Waals surface area contributed by atoms with Gasteiger partial charge >= 0.3 is 6.03 Å². The molecule has 1 N–H and O–H groups in total. The molecule has 0 saturated carbocycles. The number of aromatic nitrogens is 1. The summed E-state index contributed by atoms with van der Waals surface area (Å²) in [5.41, 5.74) is 2.29. The molecule has 2 heterocycles. The smallest absolute Gasteiger partial charge is 0.322 e. The van der Waals surface area contributed by atoms with Crippen molar-refractivity contribution in [3.8, 4) is 0 Å². The topological polar surface area (TPSA) is 74.8 Å². The fourth-order valence-electron chi connectivity index (χ4n) is 3.13. The molecule has 7 heteroatoms. The van der Waals surface area contributed by atoms with Crippen LogP contribution in [-0.4, -0.2) is 49.1 Å². The van der Waals surface area contributed by atoms with Gasteiger partial charge in [0.05, 0.1) is 18.3 Å². The minimum atomic E-state index is -0.294. The van der Waals surface area contributed by atoms with Gasteiger partial charge in [-0.2, -0.15) is 0 Å². The number of rotatable bonds is 6. The molecule has 1 aliphatic rings. The average molecular weight is 368 g/mol. The maximum Gasteiger partial charge on any atom is 0.322 e. The molecule has 1 fully saturated rings. The maximum absolute atomic E-state index is 12.7. The summed E-state index contributed by atoms with van der Waals surface area (Å²) >= 11 is 0. The van der Waals surface area contributed by atoms with E-state index in [0.29, 0.717) is 18.7 Å². The average Bonchev–Trinajstić information content (AvgIpc) is 3.13. The molecule has 1 atom stereocenters. The van der Waals surface area contributed by atoms with Gasteiger partial charge in [0.15, 0.2) is 0 Å². The van der Waals surface area contributed by atoms with Gasteiger partial charge in [-0.25, -0.2) is 4.79 Å². The molecule has 3 amide bonds. The van der Waals surface area contributed by atoms with E-state index >= 15 is 0 Å². The standard InChI is InChI=1S/C20H24N4O3/c1-23(18(14-27-2)17-6-3-4-12-21-17)20(26)22-15-8-10-16(11-9-15)24-13-5-7-19(24)25/h3-4,6,8-12,18H,5,7,13-14H2,1-2H3,(H,22,26)/t18-/m1/s1. The number of pyridine rings is 1. The Kier molecular flexibility index (Phi) is 6.03. The van der Waals surface area contributed by atoms with Gasteiger partial charge in [-0.05, 0) is 42.8 Å². The molecule has 1 saturated heterocycles. The highest BCUT2D eigenvalue weighted by Gasteiger charge is 2.24. The van der Waals surface area contributed by atoms with Crippen LogP contribution in [0.15, 0.2) is 48.7 Å². The molecule has 0 radical (unpaired) electrons. The second kappa shape index (κ2) is 8.64. The van der Waals surface area contributed by atoms with Crippen LogP contribution in [0.3, 0.4) is 0 Å². The number of nitrogens with one attached hydrogen (secondary N) is 1. The second-order valence-corrected chi connectivity index (χ2v) is 6.46. The number of nitrogens with zero attached hydrogens (tertiary/aromatic N) is 3. The number of hydrogen-bond acceptors (Lipinski definition) is 4. The van der Waals surface area contributed by atoms with Crippen LogP contribution < -0.4 is 10.2 Å². The first kappa shape index (κ1) is 18.8. The zero-order valence-electron chi connectivity index (χ0n) is 15.6. The maximum atomic E-state index is 12.7. The van der Waals surface area contributed by atoms with E-state index in [1.807, 2.05) is 30.3 Å². The van der Waals surface area contributed by atoms with Crippen molar-refractivity contribution in [1.29, 1.82) is 0 Å². The molecule has 1 aromatic heterocycles. The van der Waals surface area contributed by atoms with Gasteiger partial charge in [0.1, 0.15) is 0 Å². The van der Waals surface area contributed by atoms with E-state index in [9.17, 15) is 9.59 Å². The van der Waals surface area contributed by atoms with Crippen molar-refractivity contribution in [2.75, 3.05) is 37.5 Å². The van der Waals surface area contributed by atoms with Gasteiger partial charge < -0.3 is 19.9 Å². The van der Waals surface area contributed by atoms with Crippen molar-refractivity contribution in [2.45, 2.75) is 18.9 Å². The molecule has 0 spiro atoms. The Morgan fingerprint density at radius 1 is 1.30 bits per heavy atom. The van der Waals surface area contributed by atoms with Crippen LogP contribution in [0.5, 0.6) is 0 Å². The molecular formula is C20H24N4O3. The Bertz CT molecular complexity index is 780. The third-order valence-corrected chi connectivity index (χ3v) is 4.65. The largest absolute Gasteiger partial charge is 0.382 e. The van der Waals surface area contributed by atoms with Crippen LogP contribution in [0.4, 0.5) is 16.2 Å². The first-order valence-electron chi connectivity index (χ1n) is 8.94. The predicted octanol–water partition coefficient (Wildman–Crippen LogP) is 3.06. The molecule has 0 aliphatic carbocycles. The van der Waals surface area contributed by atoms with Crippen molar-refractivity contribution in [3.63, 3.8) is 0 Å². The fraction of sp³-hybridized carbons (Fsp3) is 0.350. The summed E-state index contributed by atoms with van der Waals surface area (Å²) in [5, 5.41) is 2.88. The molecule has 27 heavy (non-hydrogen) atoms. The Hall–Kier alpha value is -2.93. The van der Waals surface area contributed by atoms with Gasteiger partial charge in [-0.15, -0.1) is 0 Å². The first-order valence-corrected chi connectivity index (χ1v) is 8.94. The van der Waals surface area contributed by atoms with Crippen LogP contribution in [0, 0.1) is 0 Å². The number of methoxy groups -OCH3 is 1. The molecule has 1 aromatic carbocycles. The van der Waals surface area contributed by atoms with Crippen molar-refractivity contribution >= 4 is 23.3 Å². The minimum absolute atomic E-state index is 0.143. The fourth-order valence-corrected chi connectivity index (χ4v) is 3.13. The van der Waals surface area contributed by atoms with E-state index in [0.717, 1.165) is 24.3 Å². The zero-order valence-corrected chi connectivity index (χ0v) is 15.6. The monoisotopic (exact) mass is 368 g/mol. The highest BCUT2D eigenvalue weighted by molar-refractivity contribution is 5.96. The predicted molar refractivity (Wildman–Crippen MR) is 104 cm³/mol. The highest BCUT2D eigenvalue weighted by Crippen LogP contribution is 2.24. The molecule has 2 aromatic rings. The van der Waals surface area contributed by atoms with E-state index in [4.69, 9.17) is 4.74 Å². The Morgan fingerprint density at radius 3 is 2.67 bits per heavy atom. The lowest BCUT2D eigenvalue weighted by Crippen LogP contribution is -2.37. The van der Waals surface area contributed by atoms with Crippen LogP contribution in [0.25, 0.3) is 0 Å². The summed E-state index contributed by atoms with van der Waals surface area (Å²) in [5.74, 6) is 0.143. The SMILES string of the molecule is COC[C@H](c1ccccn1)N(C)C(=O)Nc1ccc(N2CCCC2=O)cc1. The van der Waals surface area contributed by atoms with Crippen LogP contribution in [0.1, 0.15) is 24.6 Å². The minimum Gasteiger partial charge on any atom is -0.382 e. The number of amides is 3. The summed E-state index contributed by atoms with van der Waals surface area (Å²) in [6.07, 6.45) is 3.18. The van der Waals surface area contributed by atoms with Crippen LogP contribution in [-0.2, 0) is 9.53 Å². The summed E-state index contributed by atoms with van der Waals surface area (Å²) in [6, 6.07) is 12.3. The van der Waals surface area contributed by atoms with Crippen molar-refractivity contribution in [3.05, 3.63) is 54.4 Å². The van der Waals surface area contributed by atoms with Gasteiger partial charge in [-0.1, -0.05) is 6.07 Å². The van der Waals surface area contributed by atoms with Gasteiger partial charge in [-0.3, -0.25) is 9.78 Å². The Balaban J connectivity index is 1.67. The lowest BCUT2D eigenvalue weighted by molar-refractivity contribution is -0.117. The third-order valence-electron chi connectivity index (χ3n) is 4.65. The number of ether oxygens (including phenoxy) is 1. The summed E-state index contributed by atoms with van der Waals surface area (Å²) < 4.78 is 5.26. The van der Waals surface area contributed by atoms with Crippen molar-refractivity contribution in [2.24, 2.45) is 0 Å². The zero-order chi connectivity index (χ0) is 19.2. The summed E-state index contributed by atoms with van der Waals surface area (Å²) in [7, 11) is 3.31. The lowest BCUT2D eigenvalue weighted by atomic mass is 10.2. The van der Waals surface area contributed by atoms with E-state index in [2.05, 4.69) is 10.3 Å². The number of anilines is 2. The van der Waals surface area contributed by atoms with E-state index < -0.39 is 0 Å². The van der Waals surface area contributed by atoms with E-state index in [1.165, 1.54) is 0 Å². The molecule has 0 bridgehead atoms. The number of hydrogen-bond donors (Lipinski definition) is 1. The summed E-state index contributed by atoms with van der Waals surface area (Å²) in [6.45, 7) is 1.09. The van der Waals surface area contributed by atoms with Crippen LogP contribution >= 0.6 is 0 Å². The molecule has 142 valence electrons. The molecule has 7 nitrogen and oxygen atoms in total. The number of likely N-dealkylation sites (N-methyl/N-ethyl adjacent to an activating group) is 1. The van der Waals surface area contributed by atoms with Gasteiger partial charge in [0, 0.05) is 44.7 Å². The number of urea groups is 1. The second-order valence-electron chi connectivity index (χ2n) is 6.46. The molecule has 3 rings (SSSR count). The van der Waals surface area contributed by atoms with Crippen LogP contribution in [0.2, 0.25) is 0 Å². The quantitative estimate of drug-likeness (QED) is 0.850.